The van der Waals surface area contributed by atoms with Crippen molar-refractivity contribution in [2.24, 2.45) is 5.92 Å². The summed E-state index contributed by atoms with van der Waals surface area (Å²) in [6, 6.07) is 5.34. The molecular weight excluding hydrogens is 432 g/mol. The van der Waals surface area contributed by atoms with Crippen molar-refractivity contribution in [3.05, 3.63) is 24.3 Å². The van der Waals surface area contributed by atoms with Crippen molar-refractivity contribution >= 4 is 41.3 Å². The van der Waals surface area contributed by atoms with Gasteiger partial charge in [-0.25, -0.2) is 4.79 Å². The van der Waals surface area contributed by atoms with Crippen LogP contribution in [0.25, 0.3) is 0 Å². The summed E-state index contributed by atoms with van der Waals surface area (Å²) >= 11 is 0.280. The van der Waals surface area contributed by atoms with Gasteiger partial charge in [0.05, 0.1) is 5.69 Å². The average Bonchev–Trinajstić information content (AvgIpc) is 2.95. The van der Waals surface area contributed by atoms with E-state index in [0.717, 1.165) is 24.2 Å². The predicted octanol–water partition coefficient (Wildman–Crippen LogP) is 2.98. The topological polar surface area (TPSA) is 105 Å². The zero-order valence-corrected chi connectivity index (χ0v) is 17.7. The van der Waals surface area contributed by atoms with Crippen molar-refractivity contribution in [3.8, 4) is 0 Å². The molecule has 0 radical (unpaired) electrons. The summed E-state index contributed by atoms with van der Waals surface area (Å²) in [5.41, 5.74) is -0.824. The molecule has 31 heavy (non-hydrogen) atoms. The Morgan fingerprint density at radius 3 is 2.77 bits per heavy atom. The molecule has 1 aliphatic heterocycles. The second-order valence-corrected chi connectivity index (χ2v) is 8.56. The van der Waals surface area contributed by atoms with Gasteiger partial charge in [-0.2, -0.15) is 8.78 Å². The fraction of sp³-hybridized carbons (Fsp3) is 0.500. The molecule has 8 nitrogen and oxygen atoms in total. The maximum Gasteiger partial charge on any atom is 0.326 e. The number of carbonyl (C=O) groups excluding carboxylic acids is 4. The molecule has 4 amide bonds. The van der Waals surface area contributed by atoms with Gasteiger partial charge in [0.2, 0.25) is 0 Å². The highest BCUT2D eigenvalue weighted by Gasteiger charge is 2.55. The maximum absolute atomic E-state index is 12.8. The van der Waals surface area contributed by atoms with E-state index in [1.807, 2.05) is 6.92 Å². The number of esters is 1. The number of hydrogen-bond donors (Lipinski definition) is 2. The number of nitrogens with one attached hydrogen (secondary N) is 2. The van der Waals surface area contributed by atoms with Gasteiger partial charge in [0, 0.05) is 4.90 Å². The van der Waals surface area contributed by atoms with E-state index in [1.54, 1.807) is 12.1 Å². The number of imide groups is 1. The Labute approximate surface area is 182 Å². The minimum atomic E-state index is -2.66. The van der Waals surface area contributed by atoms with Crippen LogP contribution < -0.4 is 10.6 Å². The second kappa shape index (κ2) is 9.63. The van der Waals surface area contributed by atoms with Crippen LogP contribution in [0.4, 0.5) is 19.3 Å². The quantitative estimate of drug-likeness (QED) is 0.372. The lowest BCUT2D eigenvalue weighted by molar-refractivity contribution is -0.150. The zero-order chi connectivity index (χ0) is 22.6. The molecule has 1 aromatic carbocycles. The molecule has 11 heteroatoms. The molecule has 0 unspecified atom stereocenters. The minimum absolute atomic E-state index is 0.0457. The minimum Gasteiger partial charge on any atom is -0.454 e. The lowest BCUT2D eigenvalue weighted by atomic mass is 9.73. The highest BCUT2D eigenvalue weighted by Crippen LogP contribution is 2.38. The number of anilines is 1. The first-order valence-electron chi connectivity index (χ1n) is 9.86. The molecule has 1 aliphatic carbocycles. The van der Waals surface area contributed by atoms with Gasteiger partial charge >= 0.3 is 12.0 Å². The zero-order valence-electron chi connectivity index (χ0n) is 16.9. The summed E-state index contributed by atoms with van der Waals surface area (Å²) in [5, 5.41) is 5.13. The molecule has 1 aromatic rings. The molecule has 0 bridgehead atoms. The van der Waals surface area contributed by atoms with E-state index >= 15 is 0 Å². The predicted molar refractivity (Wildman–Crippen MR) is 108 cm³/mol. The summed E-state index contributed by atoms with van der Waals surface area (Å²) < 4.78 is 30.1. The van der Waals surface area contributed by atoms with Gasteiger partial charge in [-0.1, -0.05) is 43.7 Å². The van der Waals surface area contributed by atoms with E-state index in [9.17, 15) is 28.0 Å². The molecule has 1 spiro atoms. The molecule has 1 saturated carbocycles. The van der Waals surface area contributed by atoms with Crippen LogP contribution in [-0.4, -0.2) is 53.2 Å². The van der Waals surface area contributed by atoms with Gasteiger partial charge in [0.25, 0.3) is 17.6 Å². The lowest BCUT2D eigenvalue weighted by Gasteiger charge is -2.36. The van der Waals surface area contributed by atoms with E-state index in [4.69, 9.17) is 4.74 Å². The van der Waals surface area contributed by atoms with Crippen molar-refractivity contribution in [2.75, 3.05) is 18.5 Å². The summed E-state index contributed by atoms with van der Waals surface area (Å²) in [4.78, 5) is 50.3. The molecule has 3 rings (SSSR count). The smallest absolute Gasteiger partial charge is 0.326 e. The first-order chi connectivity index (χ1) is 14.7. The molecule has 2 fully saturated rings. The van der Waals surface area contributed by atoms with Gasteiger partial charge in [0.1, 0.15) is 12.1 Å². The fourth-order valence-corrected chi connectivity index (χ4v) is 4.51. The fourth-order valence-electron chi connectivity index (χ4n) is 3.91. The van der Waals surface area contributed by atoms with Crippen LogP contribution in [-0.2, 0) is 19.1 Å². The van der Waals surface area contributed by atoms with Crippen LogP contribution in [0.1, 0.15) is 32.6 Å². The van der Waals surface area contributed by atoms with Crippen LogP contribution in [0.3, 0.4) is 0 Å². The number of ether oxygens (including phenoxy) is 1. The van der Waals surface area contributed by atoms with E-state index in [2.05, 4.69) is 10.6 Å². The number of thioether (sulfide) groups is 1. The number of carbonyl (C=O) groups is 4. The number of amides is 4. The van der Waals surface area contributed by atoms with Crippen LogP contribution in [0.5, 0.6) is 0 Å². The molecule has 168 valence electrons. The second-order valence-electron chi connectivity index (χ2n) is 7.52. The SMILES string of the molecule is C[C@@H]1CCCC[C@@]12NC(=O)N(CC(=O)OCC(=O)Nc1ccccc1SC(F)F)C2=O. The lowest BCUT2D eigenvalue weighted by Crippen LogP contribution is -2.54. The van der Waals surface area contributed by atoms with Gasteiger partial charge < -0.3 is 15.4 Å². The maximum atomic E-state index is 12.8. The van der Waals surface area contributed by atoms with E-state index < -0.39 is 48.3 Å². The van der Waals surface area contributed by atoms with Crippen molar-refractivity contribution in [1.82, 2.24) is 10.2 Å². The third-order valence-corrected chi connectivity index (χ3v) is 6.32. The number of para-hydroxylation sites is 1. The standard InChI is InChI=1S/C20H23F2N3O5S/c1-12-6-4-5-9-20(12)17(28)25(19(29)24-20)10-16(27)30-11-15(26)23-13-7-2-3-8-14(13)31-18(21)22/h2-3,7-8,12,18H,4-6,9-11H2,1H3,(H,23,26)(H,24,29)/t12-,20-/m1/s1. The Kier molecular flexibility index (Phi) is 7.14. The summed E-state index contributed by atoms with van der Waals surface area (Å²) in [6.45, 7) is 0.607. The summed E-state index contributed by atoms with van der Waals surface area (Å²) in [5.74, 6) is -4.81. The molecule has 2 aliphatic rings. The first-order valence-corrected chi connectivity index (χ1v) is 10.7. The summed E-state index contributed by atoms with van der Waals surface area (Å²) in [6.07, 6.45) is 3.10. The average molecular weight is 455 g/mol. The van der Waals surface area contributed by atoms with Crippen molar-refractivity contribution in [3.63, 3.8) is 0 Å². The Morgan fingerprint density at radius 2 is 2.06 bits per heavy atom. The van der Waals surface area contributed by atoms with E-state index in [0.29, 0.717) is 6.42 Å². The van der Waals surface area contributed by atoms with Crippen molar-refractivity contribution in [1.29, 1.82) is 0 Å². The number of nitrogens with zero attached hydrogens (tertiary/aromatic N) is 1. The van der Waals surface area contributed by atoms with Crippen molar-refractivity contribution in [2.45, 2.75) is 48.8 Å². The monoisotopic (exact) mass is 455 g/mol. The van der Waals surface area contributed by atoms with Crippen molar-refractivity contribution < 1.29 is 32.7 Å². The van der Waals surface area contributed by atoms with Crippen LogP contribution in [0, 0.1) is 5.92 Å². The van der Waals surface area contributed by atoms with Crippen LogP contribution in [0.15, 0.2) is 29.2 Å². The van der Waals surface area contributed by atoms with Gasteiger partial charge in [-0.3, -0.25) is 19.3 Å². The molecule has 2 N–H and O–H groups in total. The Morgan fingerprint density at radius 1 is 1.32 bits per heavy atom. The van der Waals surface area contributed by atoms with E-state index in [1.165, 1.54) is 12.1 Å². The normalized spacial score (nSPS) is 23.2. The molecule has 0 aromatic heterocycles. The summed E-state index contributed by atoms with van der Waals surface area (Å²) in [7, 11) is 0. The molecule has 2 atom stereocenters. The third-order valence-electron chi connectivity index (χ3n) is 5.53. The van der Waals surface area contributed by atoms with Crippen LogP contribution in [0.2, 0.25) is 0 Å². The Bertz CT molecular complexity index is 884. The highest BCUT2D eigenvalue weighted by molar-refractivity contribution is 7.99. The third kappa shape index (κ3) is 5.15. The molecule has 1 saturated heterocycles. The highest BCUT2D eigenvalue weighted by atomic mass is 32.2. The van der Waals surface area contributed by atoms with E-state index in [-0.39, 0.29) is 28.3 Å². The number of hydrogen-bond acceptors (Lipinski definition) is 6. The first kappa shape index (κ1) is 23.0. The van der Waals surface area contributed by atoms with Gasteiger partial charge in [-0.15, -0.1) is 0 Å². The molecular formula is C20H23F2N3O5S. The Balaban J connectivity index is 1.53. The molecule has 1 heterocycles. The van der Waals surface area contributed by atoms with Gasteiger partial charge in [0.15, 0.2) is 6.61 Å². The van der Waals surface area contributed by atoms with Crippen LogP contribution >= 0.6 is 11.8 Å². The number of rotatable bonds is 7. The number of urea groups is 1. The number of benzene rings is 1. The largest absolute Gasteiger partial charge is 0.454 e. The Hall–Kier alpha value is -2.69. The number of alkyl halides is 2. The number of halogens is 2. The van der Waals surface area contributed by atoms with Gasteiger partial charge in [-0.05, 0) is 30.9 Å².